The average molecular weight is 228 g/mol. The highest BCUT2D eigenvalue weighted by molar-refractivity contribution is 5.48. The topological polar surface area (TPSA) is 56.7 Å². The van der Waals surface area contributed by atoms with E-state index in [9.17, 15) is 0 Å². The molecule has 0 bridgehead atoms. The number of hydrogen-bond acceptors (Lipinski definition) is 3. The molecule has 1 unspecified atom stereocenters. The summed E-state index contributed by atoms with van der Waals surface area (Å²) >= 11 is 0. The maximum absolute atomic E-state index is 6.14. The molecule has 3 rings (SSSR count). The summed E-state index contributed by atoms with van der Waals surface area (Å²) < 4.78 is 1.82. The molecular weight excluding hydrogens is 212 g/mol. The maximum Gasteiger partial charge on any atom is 0.0701 e. The zero-order valence-electron chi connectivity index (χ0n) is 9.87. The number of aromatic nitrogens is 3. The van der Waals surface area contributed by atoms with Crippen LogP contribution in [-0.4, -0.2) is 21.0 Å². The Kier molecular flexibility index (Phi) is 2.26. The van der Waals surface area contributed by atoms with Crippen LogP contribution in [0.1, 0.15) is 25.3 Å². The Bertz CT molecular complexity index is 512. The Hall–Kier alpha value is -1.68. The van der Waals surface area contributed by atoms with E-state index in [0.717, 1.165) is 18.5 Å². The highest BCUT2D eigenvalue weighted by Crippen LogP contribution is 2.51. The van der Waals surface area contributed by atoms with Crippen molar-refractivity contribution in [3.05, 3.63) is 42.2 Å². The summed E-state index contributed by atoms with van der Waals surface area (Å²) in [5.74, 6) is 0. The lowest BCUT2D eigenvalue weighted by atomic mass is 9.88. The van der Waals surface area contributed by atoms with Crippen molar-refractivity contribution in [2.75, 3.05) is 0 Å². The first-order chi connectivity index (χ1) is 8.24. The van der Waals surface area contributed by atoms with Crippen LogP contribution < -0.4 is 5.73 Å². The van der Waals surface area contributed by atoms with E-state index >= 15 is 0 Å². The van der Waals surface area contributed by atoms with E-state index < -0.39 is 0 Å². The fourth-order valence-corrected chi connectivity index (χ4v) is 2.54. The summed E-state index contributed by atoms with van der Waals surface area (Å²) in [4.78, 5) is 0. The van der Waals surface area contributed by atoms with Crippen LogP contribution in [-0.2, 0) is 5.41 Å². The highest BCUT2D eigenvalue weighted by Gasteiger charge is 2.48. The predicted octanol–water partition coefficient (Wildman–Crippen LogP) is 1.65. The van der Waals surface area contributed by atoms with Crippen molar-refractivity contribution in [3.8, 4) is 5.69 Å². The zero-order valence-corrected chi connectivity index (χ0v) is 9.87. The van der Waals surface area contributed by atoms with Crippen LogP contribution in [0.4, 0.5) is 0 Å². The number of hydrogen-bond donors (Lipinski definition) is 1. The van der Waals surface area contributed by atoms with E-state index in [1.807, 2.05) is 16.9 Å². The van der Waals surface area contributed by atoms with Gasteiger partial charge in [-0.25, -0.2) is 4.68 Å². The largest absolute Gasteiger partial charge is 0.327 e. The van der Waals surface area contributed by atoms with Crippen molar-refractivity contribution in [2.45, 2.75) is 31.2 Å². The quantitative estimate of drug-likeness (QED) is 0.869. The first-order valence-electron chi connectivity index (χ1n) is 5.96. The Balaban J connectivity index is 2.12. The van der Waals surface area contributed by atoms with Crippen LogP contribution in [0.5, 0.6) is 0 Å². The van der Waals surface area contributed by atoms with Crippen LogP contribution in [0.2, 0.25) is 0 Å². The molecule has 0 saturated heterocycles. The minimum atomic E-state index is 0.141. The van der Waals surface area contributed by atoms with Gasteiger partial charge >= 0.3 is 0 Å². The molecule has 2 N–H and O–H groups in total. The third kappa shape index (κ3) is 1.56. The van der Waals surface area contributed by atoms with Gasteiger partial charge in [0.2, 0.25) is 0 Å². The van der Waals surface area contributed by atoms with Crippen molar-refractivity contribution in [2.24, 2.45) is 5.73 Å². The third-order valence-corrected chi connectivity index (χ3v) is 3.77. The molecule has 88 valence electrons. The van der Waals surface area contributed by atoms with Crippen LogP contribution in [0.3, 0.4) is 0 Å². The number of nitrogens with zero attached hydrogens (tertiary/aromatic N) is 3. The summed E-state index contributed by atoms with van der Waals surface area (Å²) in [7, 11) is 0. The molecule has 1 aromatic heterocycles. The summed E-state index contributed by atoms with van der Waals surface area (Å²) in [6, 6.07) is 8.50. The fourth-order valence-electron chi connectivity index (χ4n) is 2.54. The third-order valence-electron chi connectivity index (χ3n) is 3.77. The Labute approximate surface area is 100 Å². The minimum absolute atomic E-state index is 0.141. The van der Waals surface area contributed by atoms with Crippen molar-refractivity contribution < 1.29 is 0 Å². The first kappa shape index (κ1) is 10.5. The van der Waals surface area contributed by atoms with E-state index in [0.29, 0.717) is 0 Å². The van der Waals surface area contributed by atoms with Gasteiger partial charge in [0.25, 0.3) is 0 Å². The Morgan fingerprint density at radius 1 is 1.35 bits per heavy atom. The van der Waals surface area contributed by atoms with Gasteiger partial charge in [-0.1, -0.05) is 23.4 Å². The molecule has 0 radical (unpaired) electrons. The molecule has 4 nitrogen and oxygen atoms in total. The molecule has 1 aliphatic carbocycles. The van der Waals surface area contributed by atoms with Gasteiger partial charge in [-0.3, -0.25) is 0 Å². The molecular formula is C13H16N4. The van der Waals surface area contributed by atoms with Crippen molar-refractivity contribution >= 4 is 0 Å². The molecule has 1 saturated carbocycles. The summed E-state index contributed by atoms with van der Waals surface area (Å²) in [6.45, 7) is 2.09. The standard InChI is InChI=1S/C13H16N4/c1-10(14)13(6-7-13)11-4-2-3-5-12(11)17-9-8-15-16-17/h2-5,8-10H,6-7,14H2,1H3. The molecule has 4 heteroatoms. The highest BCUT2D eigenvalue weighted by atomic mass is 15.4. The van der Waals surface area contributed by atoms with Gasteiger partial charge in [0.1, 0.15) is 0 Å². The molecule has 0 spiro atoms. The molecule has 1 atom stereocenters. The second-order valence-electron chi connectivity index (χ2n) is 4.81. The molecule has 2 aromatic rings. The number of rotatable bonds is 3. The van der Waals surface area contributed by atoms with Crippen molar-refractivity contribution in [3.63, 3.8) is 0 Å². The van der Waals surface area contributed by atoms with E-state index in [1.165, 1.54) is 5.56 Å². The lowest BCUT2D eigenvalue weighted by molar-refractivity contribution is 0.552. The van der Waals surface area contributed by atoms with Gasteiger partial charge in [0.05, 0.1) is 18.1 Å². The first-order valence-corrected chi connectivity index (χ1v) is 5.96. The molecule has 1 aliphatic rings. The Morgan fingerprint density at radius 3 is 2.71 bits per heavy atom. The van der Waals surface area contributed by atoms with Crippen LogP contribution in [0.15, 0.2) is 36.7 Å². The predicted molar refractivity (Wildman–Crippen MR) is 65.9 cm³/mol. The molecule has 1 heterocycles. The minimum Gasteiger partial charge on any atom is -0.327 e. The van der Waals surface area contributed by atoms with E-state index in [2.05, 4.69) is 35.4 Å². The van der Waals surface area contributed by atoms with E-state index in [-0.39, 0.29) is 11.5 Å². The van der Waals surface area contributed by atoms with Gasteiger partial charge in [0, 0.05) is 11.5 Å². The fraction of sp³-hybridized carbons (Fsp3) is 0.385. The number of para-hydroxylation sites is 1. The summed E-state index contributed by atoms with van der Waals surface area (Å²) in [6.07, 6.45) is 5.89. The van der Waals surface area contributed by atoms with Crippen molar-refractivity contribution in [1.29, 1.82) is 0 Å². The van der Waals surface area contributed by atoms with Crippen LogP contribution in [0.25, 0.3) is 5.69 Å². The van der Waals surface area contributed by atoms with E-state index in [4.69, 9.17) is 5.73 Å². The SMILES string of the molecule is CC(N)C1(c2ccccc2-n2ccnn2)CC1. The normalized spacial score (nSPS) is 18.9. The molecule has 0 amide bonds. The maximum atomic E-state index is 6.14. The van der Waals surface area contributed by atoms with Gasteiger partial charge in [-0.2, -0.15) is 0 Å². The zero-order chi connectivity index (χ0) is 11.9. The van der Waals surface area contributed by atoms with Crippen LogP contribution in [0, 0.1) is 0 Å². The van der Waals surface area contributed by atoms with Gasteiger partial charge in [-0.05, 0) is 31.4 Å². The summed E-state index contributed by atoms with van der Waals surface area (Å²) in [5, 5.41) is 7.94. The number of benzene rings is 1. The van der Waals surface area contributed by atoms with Crippen LogP contribution >= 0.6 is 0 Å². The molecule has 1 fully saturated rings. The lowest BCUT2D eigenvalue weighted by Gasteiger charge is -2.22. The molecule has 1 aromatic carbocycles. The molecule has 17 heavy (non-hydrogen) atoms. The summed E-state index contributed by atoms with van der Waals surface area (Å²) in [5.41, 5.74) is 8.67. The average Bonchev–Trinajstić information content (AvgIpc) is 2.98. The van der Waals surface area contributed by atoms with Crippen molar-refractivity contribution in [1.82, 2.24) is 15.0 Å². The monoisotopic (exact) mass is 228 g/mol. The van der Waals surface area contributed by atoms with Gasteiger partial charge in [0.15, 0.2) is 0 Å². The smallest absolute Gasteiger partial charge is 0.0701 e. The number of nitrogens with two attached hydrogens (primary N) is 1. The second-order valence-corrected chi connectivity index (χ2v) is 4.81. The lowest BCUT2D eigenvalue weighted by Crippen LogP contribution is -2.32. The van der Waals surface area contributed by atoms with E-state index in [1.54, 1.807) is 6.20 Å². The van der Waals surface area contributed by atoms with Gasteiger partial charge in [-0.15, -0.1) is 5.10 Å². The van der Waals surface area contributed by atoms with Gasteiger partial charge < -0.3 is 5.73 Å². The second kappa shape index (κ2) is 3.67. The molecule has 0 aliphatic heterocycles. The Morgan fingerprint density at radius 2 is 2.12 bits per heavy atom.